The summed E-state index contributed by atoms with van der Waals surface area (Å²) in [6, 6.07) is 16.4. The Morgan fingerprint density at radius 1 is 0.913 bits per heavy atom. The predicted molar refractivity (Wildman–Crippen MR) is 95.7 cm³/mol. The number of nitrogens with zero attached hydrogens (tertiary/aromatic N) is 1. The second-order valence-corrected chi connectivity index (χ2v) is 5.47. The van der Waals surface area contributed by atoms with Gasteiger partial charge in [0, 0.05) is 12.3 Å². The van der Waals surface area contributed by atoms with Crippen LogP contribution in [-0.4, -0.2) is 18.9 Å². The van der Waals surface area contributed by atoms with E-state index in [1.165, 1.54) is 0 Å². The van der Waals surface area contributed by atoms with Crippen LogP contribution in [0, 0.1) is 0 Å². The Morgan fingerprint density at radius 3 is 2.13 bits per heavy atom. The highest BCUT2D eigenvalue weighted by molar-refractivity contribution is 5.79. The first-order valence-electron chi connectivity index (χ1n) is 8.19. The van der Waals surface area contributed by atoms with Gasteiger partial charge in [0.1, 0.15) is 18.1 Å². The number of aliphatic imine (C=N–C) groups is 1. The third-order valence-electron chi connectivity index (χ3n) is 3.59. The summed E-state index contributed by atoms with van der Waals surface area (Å²) in [5, 5.41) is 0. The van der Waals surface area contributed by atoms with E-state index in [0.717, 1.165) is 29.0 Å². The highest BCUT2D eigenvalue weighted by Crippen LogP contribution is 2.16. The lowest BCUT2D eigenvalue weighted by atomic mass is 10.2. The Hall–Kier alpha value is -2.29. The third-order valence-corrected chi connectivity index (χ3v) is 3.59. The zero-order valence-electron chi connectivity index (χ0n) is 14.2. The molecule has 1 atom stereocenters. The Kier molecular flexibility index (Phi) is 6.67. The van der Waals surface area contributed by atoms with Crippen molar-refractivity contribution in [3.63, 3.8) is 0 Å². The average Bonchev–Trinajstić information content (AvgIpc) is 2.60. The van der Waals surface area contributed by atoms with Gasteiger partial charge in [-0.3, -0.25) is 4.99 Å². The molecule has 0 aliphatic heterocycles. The minimum Gasteiger partial charge on any atom is -0.494 e. The van der Waals surface area contributed by atoms with E-state index in [0.29, 0.717) is 19.3 Å². The number of hydrogen-bond acceptors (Lipinski definition) is 3. The average molecular weight is 311 g/mol. The van der Waals surface area contributed by atoms with Crippen LogP contribution in [0.2, 0.25) is 0 Å². The van der Waals surface area contributed by atoms with Crippen molar-refractivity contribution in [3.05, 3.63) is 59.7 Å². The molecular formula is C20H25NO2. The summed E-state index contributed by atoms with van der Waals surface area (Å²) in [6.07, 6.45) is 2.98. The molecule has 0 bridgehead atoms. The topological polar surface area (TPSA) is 30.8 Å². The van der Waals surface area contributed by atoms with Crippen LogP contribution in [-0.2, 0) is 6.61 Å². The van der Waals surface area contributed by atoms with Crippen molar-refractivity contribution in [2.75, 3.05) is 6.61 Å². The molecule has 0 heterocycles. The number of ether oxygens (including phenoxy) is 2. The molecule has 0 fully saturated rings. The third kappa shape index (κ3) is 5.78. The van der Waals surface area contributed by atoms with E-state index in [4.69, 9.17) is 9.47 Å². The minimum absolute atomic E-state index is 0.366. The summed E-state index contributed by atoms with van der Waals surface area (Å²) in [4.78, 5) is 4.48. The second kappa shape index (κ2) is 8.99. The van der Waals surface area contributed by atoms with Gasteiger partial charge < -0.3 is 9.47 Å². The summed E-state index contributed by atoms with van der Waals surface area (Å²) in [6.45, 7) is 7.47. The molecule has 0 aliphatic carbocycles. The number of hydrogen-bond donors (Lipinski definition) is 0. The zero-order valence-corrected chi connectivity index (χ0v) is 14.2. The van der Waals surface area contributed by atoms with Gasteiger partial charge in [-0.2, -0.15) is 0 Å². The molecule has 0 saturated carbocycles. The molecule has 0 N–H and O–H groups in total. The first-order valence-corrected chi connectivity index (χ1v) is 8.19. The Morgan fingerprint density at radius 2 is 1.52 bits per heavy atom. The lowest BCUT2D eigenvalue weighted by Crippen LogP contribution is -1.97. The lowest BCUT2D eigenvalue weighted by Gasteiger charge is -2.08. The van der Waals surface area contributed by atoms with Crippen LogP contribution < -0.4 is 9.47 Å². The summed E-state index contributed by atoms with van der Waals surface area (Å²) in [5.74, 6) is 1.75. The van der Waals surface area contributed by atoms with E-state index < -0.39 is 0 Å². The largest absolute Gasteiger partial charge is 0.494 e. The standard InChI is InChI=1S/C20H25NO2/c1-4-16(3)21-14-17-6-10-20(11-7-17)23-15-18-8-12-19(13-9-18)22-5-2/h6-14,16H,4-5,15H2,1-3H3. The molecule has 2 rings (SSSR count). The molecule has 2 aromatic rings. The Balaban J connectivity index is 1.87. The van der Waals surface area contributed by atoms with E-state index in [1.54, 1.807) is 0 Å². The summed E-state index contributed by atoms with van der Waals surface area (Å²) < 4.78 is 11.2. The van der Waals surface area contributed by atoms with Crippen LogP contribution in [0.5, 0.6) is 11.5 Å². The first kappa shape index (κ1) is 17.1. The van der Waals surface area contributed by atoms with Gasteiger partial charge in [0.05, 0.1) is 6.61 Å². The molecule has 0 aliphatic rings. The van der Waals surface area contributed by atoms with Gasteiger partial charge >= 0.3 is 0 Å². The van der Waals surface area contributed by atoms with E-state index in [1.807, 2.05) is 61.7 Å². The first-order chi connectivity index (χ1) is 11.2. The molecule has 0 radical (unpaired) electrons. The van der Waals surface area contributed by atoms with Crippen molar-refractivity contribution in [2.45, 2.75) is 39.8 Å². The molecule has 0 aromatic heterocycles. The second-order valence-electron chi connectivity index (χ2n) is 5.47. The van der Waals surface area contributed by atoms with Crippen LogP contribution in [0.3, 0.4) is 0 Å². The van der Waals surface area contributed by atoms with E-state index >= 15 is 0 Å². The monoisotopic (exact) mass is 311 g/mol. The highest BCUT2D eigenvalue weighted by Gasteiger charge is 1.98. The van der Waals surface area contributed by atoms with Crippen LogP contribution in [0.1, 0.15) is 38.3 Å². The maximum absolute atomic E-state index is 5.81. The Labute approximate surface area is 139 Å². The number of benzene rings is 2. The SMILES string of the molecule is CCOc1ccc(COc2ccc(C=NC(C)CC)cc2)cc1. The highest BCUT2D eigenvalue weighted by atomic mass is 16.5. The van der Waals surface area contributed by atoms with Gasteiger partial charge in [-0.15, -0.1) is 0 Å². The van der Waals surface area contributed by atoms with Crippen molar-refractivity contribution >= 4 is 6.21 Å². The van der Waals surface area contributed by atoms with Gasteiger partial charge in [0.25, 0.3) is 0 Å². The van der Waals surface area contributed by atoms with Crippen LogP contribution in [0.4, 0.5) is 0 Å². The Bertz CT molecular complexity index is 603. The normalized spacial score (nSPS) is 12.3. The van der Waals surface area contributed by atoms with Crippen molar-refractivity contribution in [2.24, 2.45) is 4.99 Å². The van der Waals surface area contributed by atoms with Crippen molar-refractivity contribution in [1.29, 1.82) is 0 Å². The van der Waals surface area contributed by atoms with Crippen LogP contribution in [0.15, 0.2) is 53.5 Å². The van der Waals surface area contributed by atoms with Crippen LogP contribution in [0.25, 0.3) is 0 Å². The summed E-state index contributed by atoms with van der Waals surface area (Å²) in [7, 11) is 0. The molecule has 122 valence electrons. The van der Waals surface area contributed by atoms with E-state index in [2.05, 4.69) is 18.8 Å². The molecular weight excluding hydrogens is 286 g/mol. The van der Waals surface area contributed by atoms with Gasteiger partial charge in [-0.1, -0.05) is 19.1 Å². The van der Waals surface area contributed by atoms with Crippen molar-refractivity contribution in [1.82, 2.24) is 0 Å². The maximum atomic E-state index is 5.81. The summed E-state index contributed by atoms with van der Waals surface area (Å²) >= 11 is 0. The molecule has 1 unspecified atom stereocenters. The molecule has 0 saturated heterocycles. The fraction of sp³-hybridized carbons (Fsp3) is 0.350. The van der Waals surface area contributed by atoms with Crippen LogP contribution >= 0.6 is 0 Å². The van der Waals surface area contributed by atoms with Crippen molar-refractivity contribution < 1.29 is 9.47 Å². The van der Waals surface area contributed by atoms with Gasteiger partial charge in [0.2, 0.25) is 0 Å². The zero-order chi connectivity index (χ0) is 16.5. The molecule has 3 nitrogen and oxygen atoms in total. The molecule has 0 spiro atoms. The predicted octanol–water partition coefficient (Wildman–Crippen LogP) is 4.88. The molecule has 0 amide bonds. The molecule has 2 aromatic carbocycles. The van der Waals surface area contributed by atoms with Crippen molar-refractivity contribution in [3.8, 4) is 11.5 Å². The fourth-order valence-corrected chi connectivity index (χ4v) is 1.98. The number of rotatable bonds is 8. The molecule has 3 heteroatoms. The van der Waals surface area contributed by atoms with Gasteiger partial charge in [-0.05, 0) is 67.8 Å². The summed E-state index contributed by atoms with van der Waals surface area (Å²) in [5.41, 5.74) is 2.22. The minimum atomic E-state index is 0.366. The smallest absolute Gasteiger partial charge is 0.119 e. The van der Waals surface area contributed by atoms with Gasteiger partial charge in [-0.25, -0.2) is 0 Å². The van der Waals surface area contributed by atoms with Gasteiger partial charge in [0.15, 0.2) is 0 Å². The molecule has 23 heavy (non-hydrogen) atoms. The maximum Gasteiger partial charge on any atom is 0.119 e. The quantitative estimate of drug-likeness (QED) is 0.650. The van der Waals surface area contributed by atoms with E-state index in [-0.39, 0.29) is 0 Å². The van der Waals surface area contributed by atoms with E-state index in [9.17, 15) is 0 Å². The lowest BCUT2D eigenvalue weighted by molar-refractivity contribution is 0.305. The fourth-order valence-electron chi connectivity index (χ4n) is 1.98.